The van der Waals surface area contributed by atoms with Crippen molar-refractivity contribution in [1.29, 1.82) is 0 Å². The van der Waals surface area contributed by atoms with Gasteiger partial charge in [0, 0.05) is 24.9 Å². The molecule has 0 spiro atoms. The maximum atomic E-state index is 11.0. The molecule has 6 heteroatoms. The molecule has 102 valence electrons. The van der Waals surface area contributed by atoms with Crippen LogP contribution in [0.5, 0.6) is 0 Å². The van der Waals surface area contributed by atoms with E-state index in [4.69, 9.17) is 5.11 Å². The lowest BCUT2D eigenvalue weighted by molar-refractivity contribution is 0.139. The quantitative estimate of drug-likeness (QED) is 0.792. The van der Waals surface area contributed by atoms with Gasteiger partial charge in [-0.15, -0.1) is 11.8 Å². The lowest BCUT2D eigenvalue weighted by atomic mass is 10.1. The van der Waals surface area contributed by atoms with Crippen LogP contribution in [0, 0.1) is 11.8 Å². The number of hydrogen-bond donors (Lipinski definition) is 2. The number of aliphatic hydroxyl groups excluding tert-OH is 1. The highest BCUT2D eigenvalue weighted by Gasteiger charge is 2.26. The fourth-order valence-corrected chi connectivity index (χ4v) is 2.30. The second-order valence-electron chi connectivity index (χ2n) is 4.38. The molecule has 6 nitrogen and oxygen atoms in total. The molecule has 0 atom stereocenters. The van der Waals surface area contributed by atoms with Gasteiger partial charge >= 0.3 is 6.09 Å². The van der Waals surface area contributed by atoms with Gasteiger partial charge < -0.3 is 15.1 Å². The molecule has 0 saturated carbocycles. The molecule has 1 aliphatic heterocycles. The molecule has 19 heavy (non-hydrogen) atoms. The summed E-state index contributed by atoms with van der Waals surface area (Å²) in [5.41, 5.74) is 2.45. The number of fused-ring (bicyclic) bond motifs is 1. The Balaban J connectivity index is 2.24. The van der Waals surface area contributed by atoms with Gasteiger partial charge in [0.1, 0.15) is 0 Å². The number of hydrogen-bond acceptors (Lipinski definition) is 3. The molecule has 0 radical (unpaired) electrons. The predicted octanol–water partition coefficient (Wildman–Crippen LogP) is 0.825. The van der Waals surface area contributed by atoms with Crippen LogP contribution in [0.4, 0.5) is 4.79 Å². The summed E-state index contributed by atoms with van der Waals surface area (Å²) in [5, 5.41) is 23.0. The molecule has 2 heterocycles. The molecule has 0 aliphatic carbocycles. The van der Waals surface area contributed by atoms with Crippen molar-refractivity contribution in [3.8, 4) is 11.8 Å². The highest BCUT2D eigenvalue weighted by atomic mass is 16.4. The minimum atomic E-state index is -0.931. The van der Waals surface area contributed by atoms with Crippen molar-refractivity contribution >= 4 is 6.09 Å². The molecule has 1 aromatic rings. The normalized spacial score (nSPS) is 13.7. The first-order valence-electron chi connectivity index (χ1n) is 6.23. The van der Waals surface area contributed by atoms with E-state index in [9.17, 15) is 9.90 Å². The maximum Gasteiger partial charge on any atom is 0.407 e. The maximum absolute atomic E-state index is 11.0. The zero-order chi connectivity index (χ0) is 13.8. The fraction of sp³-hybridized carbons (Fsp3) is 0.538. The summed E-state index contributed by atoms with van der Waals surface area (Å²) in [6.07, 6.45) is 0.340. The van der Waals surface area contributed by atoms with Crippen LogP contribution in [0.2, 0.25) is 0 Å². The molecule has 0 bridgehead atoms. The molecule has 0 aromatic carbocycles. The number of carboxylic acid groups (broad SMARTS) is 1. The summed E-state index contributed by atoms with van der Waals surface area (Å²) in [6.45, 7) is 3.04. The number of amides is 1. The van der Waals surface area contributed by atoms with Crippen LogP contribution in [0.15, 0.2) is 0 Å². The van der Waals surface area contributed by atoms with E-state index >= 15 is 0 Å². The van der Waals surface area contributed by atoms with Gasteiger partial charge in [0.25, 0.3) is 0 Å². The zero-order valence-electron chi connectivity index (χ0n) is 10.9. The second-order valence-corrected chi connectivity index (χ2v) is 4.38. The molecule has 2 rings (SSSR count). The average Bonchev–Trinajstić information content (AvgIpc) is 2.75. The van der Waals surface area contributed by atoms with E-state index in [1.807, 2.05) is 0 Å². The van der Waals surface area contributed by atoms with E-state index in [2.05, 4.69) is 16.9 Å². The Labute approximate surface area is 111 Å². The van der Waals surface area contributed by atoms with Gasteiger partial charge in [0.15, 0.2) is 0 Å². The molecule has 1 aromatic heterocycles. The Morgan fingerprint density at radius 2 is 2.32 bits per heavy atom. The Hall–Kier alpha value is -2.00. The third kappa shape index (κ3) is 2.71. The van der Waals surface area contributed by atoms with E-state index in [-0.39, 0.29) is 6.61 Å². The molecule has 2 N–H and O–H groups in total. The fourth-order valence-electron chi connectivity index (χ4n) is 2.30. The van der Waals surface area contributed by atoms with Crippen molar-refractivity contribution in [2.45, 2.75) is 39.5 Å². The smallest absolute Gasteiger partial charge is 0.407 e. The third-order valence-electron chi connectivity index (χ3n) is 3.26. The van der Waals surface area contributed by atoms with Gasteiger partial charge in [-0.2, -0.15) is 5.10 Å². The third-order valence-corrected chi connectivity index (χ3v) is 3.26. The topological polar surface area (TPSA) is 78.6 Å². The molecular weight excluding hydrogens is 246 g/mol. The van der Waals surface area contributed by atoms with Gasteiger partial charge in [-0.1, -0.05) is 0 Å². The van der Waals surface area contributed by atoms with Crippen LogP contribution in [0.1, 0.15) is 30.3 Å². The standard InChI is InChI=1S/C13H17N3O3/c1-2-3-4-6-16-12(9-17)10-8-15(13(18)19)7-5-11(10)14-16/h17H,4-9H2,1H3,(H,18,19). The number of nitrogens with zero attached hydrogens (tertiary/aromatic N) is 3. The van der Waals surface area contributed by atoms with Gasteiger partial charge in [-0.25, -0.2) is 4.79 Å². The highest BCUT2D eigenvalue weighted by molar-refractivity contribution is 5.65. The summed E-state index contributed by atoms with van der Waals surface area (Å²) < 4.78 is 1.75. The summed E-state index contributed by atoms with van der Waals surface area (Å²) in [7, 11) is 0. The highest BCUT2D eigenvalue weighted by Crippen LogP contribution is 2.22. The van der Waals surface area contributed by atoms with Gasteiger partial charge in [-0.3, -0.25) is 4.68 Å². The van der Waals surface area contributed by atoms with Crippen molar-refractivity contribution < 1.29 is 15.0 Å². The lowest BCUT2D eigenvalue weighted by Gasteiger charge is -2.23. The van der Waals surface area contributed by atoms with E-state index in [0.29, 0.717) is 38.2 Å². The summed E-state index contributed by atoms with van der Waals surface area (Å²) in [5.74, 6) is 5.78. The summed E-state index contributed by atoms with van der Waals surface area (Å²) in [4.78, 5) is 12.3. The first-order valence-corrected chi connectivity index (χ1v) is 6.23. The van der Waals surface area contributed by atoms with Crippen molar-refractivity contribution in [3.63, 3.8) is 0 Å². The Morgan fingerprint density at radius 1 is 1.53 bits per heavy atom. The van der Waals surface area contributed by atoms with E-state index in [1.54, 1.807) is 11.6 Å². The van der Waals surface area contributed by atoms with Crippen LogP contribution in [-0.2, 0) is 26.1 Å². The first kappa shape index (κ1) is 13.4. The number of carbonyl (C=O) groups is 1. The van der Waals surface area contributed by atoms with Gasteiger partial charge in [-0.05, 0) is 6.92 Å². The van der Waals surface area contributed by atoms with Crippen LogP contribution in [0.25, 0.3) is 0 Å². The van der Waals surface area contributed by atoms with Crippen LogP contribution in [0.3, 0.4) is 0 Å². The number of aromatic nitrogens is 2. The first-order chi connectivity index (χ1) is 9.17. The number of rotatable bonds is 3. The minimum Gasteiger partial charge on any atom is -0.465 e. The summed E-state index contributed by atoms with van der Waals surface area (Å²) in [6, 6.07) is 0. The molecule has 0 fully saturated rings. The van der Waals surface area contributed by atoms with Crippen molar-refractivity contribution in [2.75, 3.05) is 6.54 Å². The molecule has 1 amide bonds. The average molecular weight is 263 g/mol. The zero-order valence-corrected chi connectivity index (χ0v) is 10.9. The SMILES string of the molecule is CC#CCCn1nc2c(c1CO)CN(C(=O)O)CC2. The van der Waals surface area contributed by atoms with Crippen LogP contribution >= 0.6 is 0 Å². The molecule has 0 saturated heterocycles. The van der Waals surface area contributed by atoms with Crippen LogP contribution < -0.4 is 0 Å². The largest absolute Gasteiger partial charge is 0.465 e. The molecule has 0 unspecified atom stereocenters. The molecule has 1 aliphatic rings. The second kappa shape index (κ2) is 5.76. The van der Waals surface area contributed by atoms with E-state index in [1.165, 1.54) is 4.90 Å². The monoisotopic (exact) mass is 263 g/mol. The van der Waals surface area contributed by atoms with Gasteiger partial charge in [0.05, 0.1) is 31.1 Å². The number of aliphatic hydroxyl groups is 1. The Bertz CT molecular complexity index is 539. The Morgan fingerprint density at radius 3 is 2.95 bits per heavy atom. The van der Waals surface area contributed by atoms with Crippen LogP contribution in [-0.4, -0.2) is 37.5 Å². The summed E-state index contributed by atoms with van der Waals surface area (Å²) >= 11 is 0. The predicted molar refractivity (Wildman–Crippen MR) is 68.4 cm³/mol. The van der Waals surface area contributed by atoms with E-state index in [0.717, 1.165) is 11.3 Å². The number of aryl methyl sites for hydroxylation is 1. The van der Waals surface area contributed by atoms with Gasteiger partial charge in [0.2, 0.25) is 0 Å². The van der Waals surface area contributed by atoms with Crippen molar-refractivity contribution in [1.82, 2.24) is 14.7 Å². The molecular formula is C13H17N3O3. The Kier molecular flexibility index (Phi) is 4.07. The lowest BCUT2D eigenvalue weighted by Crippen LogP contribution is -2.34. The minimum absolute atomic E-state index is 0.130. The van der Waals surface area contributed by atoms with Crippen molar-refractivity contribution in [2.24, 2.45) is 0 Å². The van der Waals surface area contributed by atoms with Crippen molar-refractivity contribution in [3.05, 3.63) is 17.0 Å². The van der Waals surface area contributed by atoms with E-state index < -0.39 is 6.09 Å².